The molecule has 0 unspecified atom stereocenters. The summed E-state index contributed by atoms with van der Waals surface area (Å²) in [5.74, 6) is -0.0296. The minimum absolute atomic E-state index is 0.0296. The fraction of sp³-hybridized carbons (Fsp3) is 0.294. The summed E-state index contributed by atoms with van der Waals surface area (Å²) in [5.41, 5.74) is 2.52. The highest BCUT2D eigenvalue weighted by Crippen LogP contribution is 2.31. The fourth-order valence-corrected chi connectivity index (χ4v) is 4.09. The molecule has 0 atom stereocenters. The molecule has 1 aromatic heterocycles. The van der Waals surface area contributed by atoms with Crippen molar-refractivity contribution in [2.24, 2.45) is 0 Å². The first-order chi connectivity index (χ1) is 11.4. The molecule has 24 heavy (non-hydrogen) atoms. The number of sulfonamides is 1. The lowest BCUT2D eigenvalue weighted by molar-refractivity contribution is -0.116. The van der Waals surface area contributed by atoms with Crippen LogP contribution in [-0.4, -0.2) is 37.2 Å². The summed E-state index contributed by atoms with van der Waals surface area (Å²) in [7, 11) is -2.04. The number of hydrogen-bond acceptors (Lipinski definition) is 4. The number of pyridine rings is 1. The van der Waals surface area contributed by atoms with Crippen molar-refractivity contribution in [3.8, 4) is 0 Å². The van der Waals surface area contributed by atoms with E-state index >= 15 is 0 Å². The van der Waals surface area contributed by atoms with Gasteiger partial charge in [-0.25, -0.2) is 8.42 Å². The Kier molecular flexibility index (Phi) is 4.38. The molecule has 126 valence electrons. The zero-order valence-electron chi connectivity index (χ0n) is 13.6. The van der Waals surface area contributed by atoms with Gasteiger partial charge >= 0.3 is 0 Å². The second-order valence-electron chi connectivity index (χ2n) is 5.83. The van der Waals surface area contributed by atoms with Crippen molar-refractivity contribution in [3.05, 3.63) is 53.9 Å². The van der Waals surface area contributed by atoms with Crippen molar-refractivity contribution in [1.29, 1.82) is 0 Å². The minimum atomic E-state index is -3.59. The van der Waals surface area contributed by atoms with Gasteiger partial charge in [-0.05, 0) is 41.8 Å². The first-order valence-electron chi connectivity index (χ1n) is 7.66. The first kappa shape index (κ1) is 16.6. The maximum atomic E-state index is 12.8. The van der Waals surface area contributed by atoms with Gasteiger partial charge in [0.15, 0.2) is 0 Å². The number of nitrogens with zero attached hydrogens (tertiary/aromatic N) is 3. The van der Waals surface area contributed by atoms with Crippen LogP contribution < -0.4 is 4.90 Å². The van der Waals surface area contributed by atoms with Gasteiger partial charge in [0.2, 0.25) is 15.9 Å². The Labute approximate surface area is 141 Å². The van der Waals surface area contributed by atoms with Crippen molar-refractivity contribution in [3.63, 3.8) is 0 Å². The molecule has 1 aromatic carbocycles. The smallest absolute Gasteiger partial charge is 0.243 e. The number of benzene rings is 1. The van der Waals surface area contributed by atoms with Gasteiger partial charge in [-0.15, -0.1) is 0 Å². The molecule has 0 N–H and O–H groups in total. The number of anilines is 1. The summed E-state index contributed by atoms with van der Waals surface area (Å²) in [4.78, 5) is 17.5. The van der Waals surface area contributed by atoms with E-state index < -0.39 is 10.0 Å². The molecule has 7 heteroatoms. The van der Waals surface area contributed by atoms with E-state index in [-0.39, 0.29) is 17.3 Å². The number of aromatic nitrogens is 1. The van der Waals surface area contributed by atoms with Crippen LogP contribution in [-0.2, 0) is 27.8 Å². The third-order valence-electron chi connectivity index (χ3n) is 4.16. The molecule has 1 amide bonds. The summed E-state index contributed by atoms with van der Waals surface area (Å²) < 4.78 is 26.9. The monoisotopic (exact) mass is 345 g/mol. The Morgan fingerprint density at radius 1 is 1.33 bits per heavy atom. The number of fused-ring (bicyclic) bond motifs is 1. The largest absolute Gasteiger partial charge is 0.312 e. The van der Waals surface area contributed by atoms with Crippen LogP contribution in [0.3, 0.4) is 0 Å². The number of carbonyl (C=O) groups is 1. The zero-order valence-corrected chi connectivity index (χ0v) is 14.5. The summed E-state index contributed by atoms with van der Waals surface area (Å²) in [6, 6.07) is 8.57. The third kappa shape index (κ3) is 3.05. The standard InChI is InChI=1S/C17H19N3O3S/c1-13(21)20-9-7-15-10-16(5-6-17(15)20)24(22,23)19(2)12-14-4-3-8-18-11-14/h3-6,8,10-11H,7,9,12H2,1-2H3. The highest BCUT2D eigenvalue weighted by Gasteiger charge is 2.26. The lowest BCUT2D eigenvalue weighted by Crippen LogP contribution is -2.27. The average molecular weight is 345 g/mol. The Morgan fingerprint density at radius 3 is 2.79 bits per heavy atom. The van der Waals surface area contributed by atoms with Crippen molar-refractivity contribution in [2.75, 3.05) is 18.5 Å². The maximum absolute atomic E-state index is 12.8. The molecule has 0 fully saturated rings. The van der Waals surface area contributed by atoms with E-state index in [0.717, 1.165) is 16.8 Å². The summed E-state index contributed by atoms with van der Waals surface area (Å²) >= 11 is 0. The van der Waals surface area contributed by atoms with Crippen LogP contribution in [0.1, 0.15) is 18.1 Å². The van der Waals surface area contributed by atoms with E-state index in [4.69, 9.17) is 0 Å². The maximum Gasteiger partial charge on any atom is 0.243 e. The zero-order chi connectivity index (χ0) is 17.3. The van der Waals surface area contributed by atoms with Gasteiger partial charge in [0.25, 0.3) is 0 Å². The van der Waals surface area contributed by atoms with Gasteiger partial charge in [-0.3, -0.25) is 9.78 Å². The molecular formula is C17H19N3O3S. The highest BCUT2D eigenvalue weighted by atomic mass is 32.2. The van der Waals surface area contributed by atoms with Crippen molar-refractivity contribution < 1.29 is 13.2 Å². The number of rotatable bonds is 4. The molecule has 0 radical (unpaired) electrons. The van der Waals surface area contributed by atoms with Crippen LogP contribution >= 0.6 is 0 Å². The molecular weight excluding hydrogens is 326 g/mol. The molecule has 2 aromatic rings. The third-order valence-corrected chi connectivity index (χ3v) is 5.96. The number of amides is 1. The minimum Gasteiger partial charge on any atom is -0.312 e. The van der Waals surface area contributed by atoms with Crippen molar-refractivity contribution in [1.82, 2.24) is 9.29 Å². The van der Waals surface area contributed by atoms with E-state index in [2.05, 4.69) is 4.98 Å². The quantitative estimate of drug-likeness (QED) is 0.847. The van der Waals surface area contributed by atoms with Gasteiger partial charge in [-0.2, -0.15) is 4.31 Å². The molecule has 1 aliphatic rings. The Hall–Kier alpha value is -2.25. The second-order valence-corrected chi connectivity index (χ2v) is 7.88. The van der Waals surface area contributed by atoms with Crippen molar-refractivity contribution in [2.45, 2.75) is 24.8 Å². The van der Waals surface area contributed by atoms with Gasteiger partial charge in [0.05, 0.1) is 4.90 Å². The van der Waals surface area contributed by atoms with Gasteiger partial charge in [0, 0.05) is 45.1 Å². The Morgan fingerprint density at radius 2 is 2.12 bits per heavy atom. The van der Waals surface area contributed by atoms with Crippen LogP contribution in [0.2, 0.25) is 0 Å². The van der Waals surface area contributed by atoms with E-state index in [1.807, 2.05) is 6.07 Å². The molecule has 0 spiro atoms. The summed E-state index contributed by atoms with van der Waals surface area (Å²) in [6.45, 7) is 2.37. The van der Waals surface area contributed by atoms with Crippen LogP contribution in [0.4, 0.5) is 5.69 Å². The van der Waals surface area contributed by atoms with Crippen LogP contribution in [0.5, 0.6) is 0 Å². The fourth-order valence-electron chi connectivity index (χ4n) is 2.88. The summed E-state index contributed by atoms with van der Waals surface area (Å²) in [5, 5.41) is 0. The topological polar surface area (TPSA) is 70.6 Å². The lowest BCUT2D eigenvalue weighted by Gasteiger charge is -2.18. The summed E-state index contributed by atoms with van der Waals surface area (Å²) in [6.07, 6.45) is 3.98. The van der Waals surface area contributed by atoms with E-state index in [9.17, 15) is 13.2 Å². The molecule has 0 bridgehead atoms. The Bertz CT molecular complexity index is 866. The molecule has 3 rings (SSSR count). The SMILES string of the molecule is CC(=O)N1CCc2cc(S(=O)(=O)N(C)Cc3cccnc3)ccc21. The van der Waals surface area contributed by atoms with E-state index in [1.54, 1.807) is 48.6 Å². The van der Waals surface area contributed by atoms with Gasteiger partial charge < -0.3 is 4.90 Å². The molecule has 6 nitrogen and oxygen atoms in total. The first-order valence-corrected chi connectivity index (χ1v) is 9.10. The van der Waals surface area contributed by atoms with Crippen LogP contribution in [0, 0.1) is 0 Å². The molecule has 0 aliphatic carbocycles. The Balaban J connectivity index is 1.87. The van der Waals surface area contributed by atoms with E-state index in [1.165, 1.54) is 11.2 Å². The lowest BCUT2D eigenvalue weighted by atomic mass is 10.2. The van der Waals surface area contributed by atoms with Crippen LogP contribution in [0.15, 0.2) is 47.6 Å². The highest BCUT2D eigenvalue weighted by molar-refractivity contribution is 7.89. The predicted molar refractivity (Wildman–Crippen MR) is 91.1 cm³/mol. The van der Waals surface area contributed by atoms with Gasteiger partial charge in [-0.1, -0.05) is 6.07 Å². The number of carbonyl (C=O) groups excluding carboxylic acids is 1. The predicted octanol–water partition coefficient (Wildman–Crippen LogP) is 1.81. The van der Waals surface area contributed by atoms with Crippen LogP contribution in [0.25, 0.3) is 0 Å². The van der Waals surface area contributed by atoms with Crippen molar-refractivity contribution >= 4 is 21.6 Å². The number of hydrogen-bond donors (Lipinski definition) is 0. The normalized spacial score (nSPS) is 14.0. The molecule has 0 saturated heterocycles. The molecule has 1 aliphatic heterocycles. The van der Waals surface area contributed by atoms with E-state index in [0.29, 0.717) is 13.0 Å². The van der Waals surface area contributed by atoms with Gasteiger partial charge in [0.1, 0.15) is 0 Å². The molecule has 2 heterocycles. The molecule has 0 saturated carbocycles. The average Bonchev–Trinajstić information content (AvgIpc) is 2.99. The second kappa shape index (κ2) is 6.33.